The predicted molar refractivity (Wildman–Crippen MR) is 234 cm³/mol. The summed E-state index contributed by atoms with van der Waals surface area (Å²) >= 11 is 0. The van der Waals surface area contributed by atoms with Gasteiger partial charge in [0.05, 0.1) is 33.9 Å². The van der Waals surface area contributed by atoms with Crippen LogP contribution in [0.1, 0.15) is 123 Å². The number of ether oxygens (including phenoxy) is 2. The molecule has 10 nitrogen and oxygen atoms in total. The SMILES string of the molecule is CC/C=C\C/C=C\C/C=C\CCCCCCCC(=O)O[C@H](COC(=O)CCC/C=C\C/C=C\C/C=C\C=C\CC(O)/C=C\CC)COP(=O)(O)OCC[N+](C)(C)C. The highest BCUT2D eigenvalue weighted by atomic mass is 31.2. The number of phosphoric acid groups is 1. The van der Waals surface area contributed by atoms with Crippen LogP contribution >= 0.6 is 7.82 Å². The van der Waals surface area contributed by atoms with E-state index in [-0.39, 0.29) is 26.1 Å². The van der Waals surface area contributed by atoms with Gasteiger partial charge in [0.15, 0.2) is 6.10 Å². The lowest BCUT2D eigenvalue weighted by atomic mass is 10.1. The maximum atomic E-state index is 12.7. The summed E-state index contributed by atoms with van der Waals surface area (Å²) in [6.45, 7) is 3.94. The largest absolute Gasteiger partial charge is 0.472 e. The number of phosphoric ester groups is 1. The van der Waals surface area contributed by atoms with E-state index in [1.807, 2.05) is 70.6 Å². The van der Waals surface area contributed by atoms with Gasteiger partial charge >= 0.3 is 19.8 Å². The van der Waals surface area contributed by atoms with Crippen LogP contribution < -0.4 is 0 Å². The number of esters is 2. The first-order valence-corrected chi connectivity index (χ1v) is 22.6. The van der Waals surface area contributed by atoms with E-state index in [0.717, 1.165) is 70.6 Å². The van der Waals surface area contributed by atoms with Crippen LogP contribution in [-0.4, -0.2) is 86.1 Å². The van der Waals surface area contributed by atoms with Gasteiger partial charge in [-0.2, -0.15) is 0 Å². The van der Waals surface area contributed by atoms with Crippen molar-refractivity contribution in [2.24, 2.45) is 0 Å². The highest BCUT2D eigenvalue weighted by molar-refractivity contribution is 7.47. The van der Waals surface area contributed by atoms with E-state index in [9.17, 15) is 24.2 Å². The summed E-state index contributed by atoms with van der Waals surface area (Å²) in [5.41, 5.74) is 0. The minimum absolute atomic E-state index is 0.00623. The fourth-order valence-corrected chi connectivity index (χ4v) is 5.65. The number of rotatable bonds is 36. The van der Waals surface area contributed by atoms with Crippen LogP contribution in [-0.2, 0) is 32.7 Å². The lowest BCUT2D eigenvalue weighted by Gasteiger charge is -2.24. The van der Waals surface area contributed by atoms with Crippen molar-refractivity contribution >= 4 is 19.8 Å². The average Bonchev–Trinajstić information content (AvgIpc) is 3.16. The van der Waals surface area contributed by atoms with Crippen molar-refractivity contribution < 1.29 is 47.2 Å². The van der Waals surface area contributed by atoms with Crippen molar-refractivity contribution in [1.29, 1.82) is 0 Å². The third kappa shape index (κ3) is 40.9. The van der Waals surface area contributed by atoms with Gasteiger partial charge in [-0.15, -0.1) is 0 Å². The second kappa shape index (κ2) is 37.2. The molecule has 0 bridgehead atoms. The molecule has 0 saturated carbocycles. The first-order chi connectivity index (χ1) is 27.4. The molecule has 3 atom stereocenters. The Labute approximate surface area is 346 Å². The number of carbonyl (C=O) groups excluding carboxylic acids is 2. The molecule has 0 fully saturated rings. The number of hydrogen-bond donors (Lipinski definition) is 2. The van der Waals surface area contributed by atoms with Gasteiger partial charge in [-0.3, -0.25) is 18.6 Å². The predicted octanol–water partition coefficient (Wildman–Crippen LogP) is 10.8. The molecule has 0 aliphatic carbocycles. The number of quaternary nitrogens is 1. The molecule has 0 amide bonds. The molecule has 0 aliphatic rings. The fourth-order valence-electron chi connectivity index (χ4n) is 4.91. The van der Waals surface area contributed by atoms with E-state index in [0.29, 0.717) is 36.7 Å². The van der Waals surface area contributed by atoms with Crippen LogP contribution in [0.2, 0.25) is 0 Å². The molecule has 2 N–H and O–H groups in total. The number of aliphatic hydroxyl groups is 1. The summed E-state index contributed by atoms with van der Waals surface area (Å²) in [6.07, 6.45) is 45.2. The number of likely N-dealkylation sites (N-methyl/N-ethyl adjacent to an activating group) is 1. The molecule has 0 rings (SSSR count). The number of allylic oxidation sites excluding steroid dienone is 14. The van der Waals surface area contributed by atoms with Gasteiger partial charge in [0.25, 0.3) is 0 Å². The number of unbranched alkanes of at least 4 members (excludes halogenated alkanes) is 6. The van der Waals surface area contributed by atoms with E-state index >= 15 is 0 Å². The van der Waals surface area contributed by atoms with Gasteiger partial charge in [0.1, 0.15) is 19.8 Å². The number of hydrogen-bond acceptors (Lipinski definition) is 8. The van der Waals surface area contributed by atoms with Gasteiger partial charge in [-0.1, -0.05) is 130 Å². The Hall–Kier alpha value is -3.11. The highest BCUT2D eigenvalue weighted by Gasteiger charge is 2.27. The van der Waals surface area contributed by atoms with Gasteiger partial charge in [-0.05, 0) is 77.0 Å². The third-order valence-corrected chi connectivity index (χ3v) is 9.17. The number of carbonyl (C=O) groups is 2. The summed E-state index contributed by atoms with van der Waals surface area (Å²) in [6, 6.07) is 0. The molecule has 0 aromatic carbocycles. The molecule has 0 spiro atoms. The minimum atomic E-state index is -4.41. The van der Waals surface area contributed by atoms with Crippen molar-refractivity contribution in [3.8, 4) is 0 Å². The van der Waals surface area contributed by atoms with E-state index < -0.39 is 38.6 Å². The lowest BCUT2D eigenvalue weighted by Crippen LogP contribution is -2.37. The summed E-state index contributed by atoms with van der Waals surface area (Å²) in [7, 11) is 1.39. The smallest absolute Gasteiger partial charge is 0.462 e. The topological polar surface area (TPSA) is 129 Å². The van der Waals surface area contributed by atoms with Crippen LogP contribution in [0, 0.1) is 0 Å². The van der Waals surface area contributed by atoms with Gasteiger partial charge in [0, 0.05) is 12.8 Å². The van der Waals surface area contributed by atoms with Gasteiger partial charge in [0.2, 0.25) is 0 Å². The molecule has 0 saturated heterocycles. The normalized spacial score (nSPS) is 15.1. The summed E-state index contributed by atoms with van der Waals surface area (Å²) in [4.78, 5) is 35.3. The quantitative estimate of drug-likeness (QED) is 0.0159. The zero-order valence-electron chi connectivity index (χ0n) is 35.9. The fraction of sp³-hybridized carbons (Fsp3) is 0.609. The molecule has 0 aromatic heterocycles. The van der Waals surface area contributed by atoms with E-state index in [2.05, 4.69) is 61.6 Å². The molecule has 0 radical (unpaired) electrons. The van der Waals surface area contributed by atoms with Crippen molar-refractivity contribution in [2.45, 2.75) is 135 Å². The second-order valence-electron chi connectivity index (χ2n) is 14.8. The maximum Gasteiger partial charge on any atom is 0.472 e. The van der Waals surface area contributed by atoms with E-state index in [1.165, 1.54) is 0 Å². The van der Waals surface area contributed by atoms with Gasteiger partial charge < -0.3 is 24.0 Å². The second-order valence-corrected chi connectivity index (χ2v) is 16.3. The zero-order chi connectivity index (χ0) is 42.3. The standard InChI is InChI=1S/C46H76NO9P/c1-6-8-10-11-12-13-14-15-16-17-22-25-28-31-34-38-46(50)56-44(42-55-57(51,52)54-40-39-47(3,4)5)41-53-45(49)37-33-30-27-24-21-19-18-20-23-26-29-32-36-43(48)35-9-7-2/h8-10,12-13,15-16,18-19,23-24,26-27,29,32,35,43-44,48H,6-7,11,14,17,20-22,25,28,30-31,33-34,36-42H2,1-5H3/p+1/b10-8-,13-12-,16-15-,19-18-,26-23-,27-24-,32-29+,35-9-/t43?,44-/m1/s1. The monoisotopic (exact) mass is 819 g/mol. The summed E-state index contributed by atoms with van der Waals surface area (Å²) < 4.78 is 34.1. The van der Waals surface area contributed by atoms with Crippen LogP contribution in [0.5, 0.6) is 0 Å². The van der Waals surface area contributed by atoms with E-state index in [1.54, 1.807) is 0 Å². The molecular weight excluding hydrogens is 741 g/mol. The summed E-state index contributed by atoms with van der Waals surface area (Å²) in [5.74, 6) is -0.923. The van der Waals surface area contributed by atoms with E-state index in [4.69, 9.17) is 18.5 Å². The Morgan fingerprint density at radius 2 is 1.18 bits per heavy atom. The molecule has 0 aromatic rings. The van der Waals surface area contributed by atoms with Crippen molar-refractivity contribution in [2.75, 3.05) is 47.5 Å². The Balaban J connectivity index is 4.56. The molecule has 11 heteroatoms. The average molecular weight is 819 g/mol. The Bertz CT molecular complexity index is 1310. The third-order valence-electron chi connectivity index (χ3n) is 8.18. The molecule has 0 aliphatic heterocycles. The van der Waals surface area contributed by atoms with Crippen molar-refractivity contribution in [1.82, 2.24) is 0 Å². The van der Waals surface area contributed by atoms with Crippen LogP contribution in [0.4, 0.5) is 0 Å². The molecule has 0 heterocycles. The first kappa shape index (κ1) is 53.9. The Kier molecular flexibility index (Phi) is 35.2. The Morgan fingerprint density at radius 1 is 0.632 bits per heavy atom. The van der Waals surface area contributed by atoms with Crippen LogP contribution in [0.3, 0.4) is 0 Å². The summed E-state index contributed by atoms with van der Waals surface area (Å²) in [5, 5.41) is 9.77. The van der Waals surface area contributed by atoms with Crippen molar-refractivity contribution in [3.05, 3.63) is 97.2 Å². The molecule has 324 valence electrons. The Morgan fingerprint density at radius 3 is 1.82 bits per heavy atom. The minimum Gasteiger partial charge on any atom is -0.462 e. The van der Waals surface area contributed by atoms with Gasteiger partial charge in [-0.25, -0.2) is 4.57 Å². The number of aliphatic hydroxyl groups excluding tert-OH is 1. The highest BCUT2D eigenvalue weighted by Crippen LogP contribution is 2.43. The van der Waals surface area contributed by atoms with Crippen LogP contribution in [0.25, 0.3) is 0 Å². The number of nitrogens with zero attached hydrogens (tertiary/aromatic N) is 1. The molecular formula is C46H77NO9P+. The molecule has 57 heavy (non-hydrogen) atoms. The lowest BCUT2D eigenvalue weighted by molar-refractivity contribution is -0.870. The van der Waals surface area contributed by atoms with Crippen molar-refractivity contribution in [3.63, 3.8) is 0 Å². The zero-order valence-corrected chi connectivity index (χ0v) is 36.8. The molecule has 2 unspecified atom stereocenters. The first-order valence-electron chi connectivity index (χ1n) is 21.1. The van der Waals surface area contributed by atoms with Crippen LogP contribution in [0.15, 0.2) is 97.2 Å². The maximum absolute atomic E-state index is 12.7.